The molecule has 1 unspecified atom stereocenters. The molecule has 0 aliphatic rings. The van der Waals surface area contributed by atoms with Crippen molar-refractivity contribution in [3.63, 3.8) is 0 Å². The van der Waals surface area contributed by atoms with E-state index in [1.807, 2.05) is 11.8 Å². The second-order valence-electron chi connectivity index (χ2n) is 4.79. The summed E-state index contributed by atoms with van der Waals surface area (Å²) in [5.74, 6) is 1.22. The van der Waals surface area contributed by atoms with Crippen molar-refractivity contribution in [2.75, 3.05) is 37.5 Å². The van der Waals surface area contributed by atoms with Crippen LogP contribution in [0.4, 0.5) is 5.69 Å². The molecule has 0 spiro atoms. The van der Waals surface area contributed by atoms with E-state index in [0.29, 0.717) is 6.04 Å². The smallest absolute Gasteiger partial charge is 0.0343 e. The second kappa shape index (κ2) is 8.44. The van der Waals surface area contributed by atoms with E-state index in [1.54, 1.807) is 0 Å². The summed E-state index contributed by atoms with van der Waals surface area (Å²) < 4.78 is 0. The zero-order chi connectivity index (χ0) is 13.4. The van der Waals surface area contributed by atoms with Crippen LogP contribution in [0.1, 0.15) is 18.9 Å². The number of nitrogens with zero attached hydrogens (tertiary/aromatic N) is 1. The molecule has 3 heteroatoms. The van der Waals surface area contributed by atoms with Gasteiger partial charge in [-0.15, -0.1) is 0 Å². The number of hydrogen-bond acceptors (Lipinski definition) is 3. The summed E-state index contributed by atoms with van der Waals surface area (Å²) in [6.45, 7) is 6.49. The first-order valence-electron chi connectivity index (χ1n) is 6.67. The summed E-state index contributed by atoms with van der Waals surface area (Å²) >= 11 is 1.93. The summed E-state index contributed by atoms with van der Waals surface area (Å²) in [5, 5.41) is 3.49. The molecule has 102 valence electrons. The fourth-order valence-electron chi connectivity index (χ4n) is 2.06. The third-order valence-corrected chi connectivity index (χ3v) is 3.98. The molecule has 0 saturated heterocycles. The van der Waals surface area contributed by atoms with Crippen LogP contribution in [0.2, 0.25) is 0 Å². The van der Waals surface area contributed by atoms with E-state index in [0.717, 1.165) is 13.1 Å². The predicted octanol–water partition coefficient (Wildman–Crippen LogP) is 3.48. The van der Waals surface area contributed by atoms with E-state index < -0.39 is 0 Å². The molecule has 0 radical (unpaired) electrons. The molecule has 1 rings (SSSR count). The number of aryl methyl sites for hydroxylation is 1. The Kier molecular flexibility index (Phi) is 7.21. The molecular formula is C15H26N2S. The van der Waals surface area contributed by atoms with Crippen molar-refractivity contribution < 1.29 is 0 Å². The Hall–Kier alpha value is -0.670. The normalized spacial score (nSPS) is 12.7. The lowest BCUT2D eigenvalue weighted by Gasteiger charge is -2.26. The van der Waals surface area contributed by atoms with E-state index in [4.69, 9.17) is 0 Å². The number of benzene rings is 1. The van der Waals surface area contributed by atoms with Crippen molar-refractivity contribution in [2.24, 2.45) is 0 Å². The highest BCUT2D eigenvalue weighted by Gasteiger charge is 2.10. The molecule has 18 heavy (non-hydrogen) atoms. The molecular weight excluding hydrogens is 240 g/mol. The first-order chi connectivity index (χ1) is 8.67. The number of rotatable bonds is 8. The van der Waals surface area contributed by atoms with Crippen LogP contribution in [0.3, 0.4) is 0 Å². The molecule has 0 saturated carbocycles. The molecule has 1 aromatic carbocycles. The number of hydrogen-bond donors (Lipinski definition) is 1. The number of likely N-dealkylation sites (N-methyl/N-ethyl adjacent to an activating group) is 1. The van der Waals surface area contributed by atoms with Crippen LogP contribution < -0.4 is 5.32 Å². The van der Waals surface area contributed by atoms with Gasteiger partial charge in [0, 0.05) is 30.6 Å². The van der Waals surface area contributed by atoms with Crippen molar-refractivity contribution >= 4 is 17.4 Å². The van der Waals surface area contributed by atoms with Gasteiger partial charge in [0.25, 0.3) is 0 Å². The minimum Gasteiger partial charge on any atom is -0.384 e. The Bertz CT molecular complexity index is 341. The monoisotopic (exact) mass is 266 g/mol. The summed E-state index contributed by atoms with van der Waals surface area (Å²) in [7, 11) is 2.22. The van der Waals surface area contributed by atoms with E-state index in [-0.39, 0.29) is 0 Å². The van der Waals surface area contributed by atoms with Crippen LogP contribution in [-0.4, -0.2) is 43.1 Å². The van der Waals surface area contributed by atoms with E-state index in [9.17, 15) is 0 Å². The predicted molar refractivity (Wildman–Crippen MR) is 84.8 cm³/mol. The van der Waals surface area contributed by atoms with Gasteiger partial charge in [-0.05, 0) is 44.3 Å². The lowest BCUT2D eigenvalue weighted by Crippen LogP contribution is -2.36. The number of anilines is 1. The topological polar surface area (TPSA) is 15.3 Å². The fraction of sp³-hybridized carbons (Fsp3) is 0.600. The van der Waals surface area contributed by atoms with Gasteiger partial charge in [0.05, 0.1) is 0 Å². The van der Waals surface area contributed by atoms with Crippen molar-refractivity contribution in [1.29, 1.82) is 0 Å². The number of thioether (sulfide) groups is 1. The molecule has 0 aliphatic carbocycles. The second-order valence-corrected chi connectivity index (χ2v) is 5.70. The Morgan fingerprint density at radius 2 is 2.17 bits per heavy atom. The molecule has 2 nitrogen and oxygen atoms in total. The third kappa shape index (κ3) is 5.32. The van der Waals surface area contributed by atoms with E-state index in [1.165, 1.54) is 23.4 Å². The molecule has 1 aromatic rings. The summed E-state index contributed by atoms with van der Waals surface area (Å²) in [4.78, 5) is 2.46. The van der Waals surface area contributed by atoms with Crippen LogP contribution >= 0.6 is 11.8 Å². The molecule has 0 fully saturated rings. The lowest BCUT2D eigenvalue weighted by atomic mass is 10.2. The zero-order valence-electron chi connectivity index (χ0n) is 12.1. The van der Waals surface area contributed by atoms with Crippen molar-refractivity contribution in [2.45, 2.75) is 26.3 Å². The van der Waals surface area contributed by atoms with Gasteiger partial charge in [0.1, 0.15) is 0 Å². The van der Waals surface area contributed by atoms with Crippen LogP contribution in [0.25, 0.3) is 0 Å². The summed E-state index contributed by atoms with van der Waals surface area (Å²) in [5.41, 5.74) is 2.53. The molecule has 1 atom stereocenters. The molecule has 0 aliphatic heterocycles. The van der Waals surface area contributed by atoms with E-state index >= 15 is 0 Å². The zero-order valence-corrected chi connectivity index (χ0v) is 12.9. The molecule has 0 amide bonds. The fourth-order valence-corrected chi connectivity index (χ4v) is 2.94. The Morgan fingerprint density at radius 3 is 2.78 bits per heavy atom. The van der Waals surface area contributed by atoms with Gasteiger partial charge in [-0.25, -0.2) is 0 Å². The average Bonchev–Trinajstić information content (AvgIpc) is 2.36. The largest absolute Gasteiger partial charge is 0.384 e. The van der Waals surface area contributed by atoms with Crippen molar-refractivity contribution in [3.8, 4) is 0 Å². The van der Waals surface area contributed by atoms with Gasteiger partial charge in [0.15, 0.2) is 0 Å². The van der Waals surface area contributed by atoms with E-state index in [2.05, 4.69) is 61.6 Å². The SMILES string of the molecule is CCC(CSC)N(C)CCNc1cccc(C)c1. The van der Waals surface area contributed by atoms with Crippen LogP contribution in [0, 0.1) is 6.92 Å². The highest BCUT2D eigenvalue weighted by molar-refractivity contribution is 7.98. The third-order valence-electron chi connectivity index (χ3n) is 3.27. The quantitative estimate of drug-likeness (QED) is 0.775. The van der Waals surface area contributed by atoms with Crippen molar-refractivity contribution in [1.82, 2.24) is 4.90 Å². The van der Waals surface area contributed by atoms with Gasteiger partial charge in [-0.1, -0.05) is 19.1 Å². The van der Waals surface area contributed by atoms with Crippen LogP contribution in [0.15, 0.2) is 24.3 Å². The molecule has 0 bridgehead atoms. The van der Waals surface area contributed by atoms with Crippen molar-refractivity contribution in [3.05, 3.63) is 29.8 Å². The minimum absolute atomic E-state index is 0.694. The summed E-state index contributed by atoms with van der Waals surface area (Å²) in [6, 6.07) is 9.25. The molecule has 1 N–H and O–H groups in total. The highest BCUT2D eigenvalue weighted by atomic mass is 32.2. The van der Waals surface area contributed by atoms with Gasteiger partial charge in [0.2, 0.25) is 0 Å². The summed E-state index contributed by atoms with van der Waals surface area (Å²) in [6.07, 6.45) is 3.41. The Labute approximate surface area is 116 Å². The Balaban J connectivity index is 2.32. The minimum atomic E-state index is 0.694. The maximum atomic E-state index is 3.49. The maximum absolute atomic E-state index is 3.49. The first-order valence-corrected chi connectivity index (χ1v) is 8.06. The molecule has 0 heterocycles. The van der Waals surface area contributed by atoms with Gasteiger partial charge < -0.3 is 10.2 Å². The lowest BCUT2D eigenvalue weighted by molar-refractivity contribution is 0.265. The first kappa shape index (κ1) is 15.4. The van der Waals surface area contributed by atoms with Gasteiger partial charge in [-0.3, -0.25) is 0 Å². The maximum Gasteiger partial charge on any atom is 0.0343 e. The highest BCUT2D eigenvalue weighted by Crippen LogP contribution is 2.10. The van der Waals surface area contributed by atoms with Gasteiger partial charge in [-0.2, -0.15) is 11.8 Å². The van der Waals surface area contributed by atoms with Crippen LogP contribution in [-0.2, 0) is 0 Å². The Morgan fingerprint density at radius 1 is 1.39 bits per heavy atom. The average molecular weight is 266 g/mol. The number of nitrogens with one attached hydrogen (secondary N) is 1. The molecule has 0 aromatic heterocycles. The van der Waals surface area contributed by atoms with Crippen LogP contribution in [0.5, 0.6) is 0 Å². The van der Waals surface area contributed by atoms with Gasteiger partial charge >= 0.3 is 0 Å². The standard InChI is InChI=1S/C15H26N2S/c1-5-15(12-18-4)17(3)10-9-16-14-8-6-7-13(2)11-14/h6-8,11,15-16H,5,9-10,12H2,1-4H3.